The van der Waals surface area contributed by atoms with Crippen molar-refractivity contribution in [1.29, 1.82) is 0 Å². The van der Waals surface area contributed by atoms with Gasteiger partial charge in [0, 0.05) is 20.1 Å². The molecule has 1 atom stereocenters. The summed E-state index contributed by atoms with van der Waals surface area (Å²) in [7, 11) is 3.48. The topological polar surface area (TPSA) is 55.2 Å². The molecule has 1 aromatic heterocycles. The van der Waals surface area contributed by atoms with E-state index < -0.39 is 5.25 Å². The Morgan fingerprint density at radius 2 is 1.67 bits per heavy atom. The lowest BCUT2D eigenvalue weighted by molar-refractivity contribution is -0.128. The van der Waals surface area contributed by atoms with Gasteiger partial charge in [-0.25, -0.2) is 4.98 Å². The van der Waals surface area contributed by atoms with Gasteiger partial charge in [0.15, 0.2) is 5.16 Å². The number of nitrogens with zero attached hydrogens (tertiary/aromatic N) is 3. The molecule has 0 saturated carbocycles. The van der Waals surface area contributed by atoms with Gasteiger partial charge in [-0.3, -0.25) is 14.2 Å². The van der Waals surface area contributed by atoms with E-state index in [2.05, 4.69) is 0 Å². The first kappa shape index (κ1) is 19.2. The van der Waals surface area contributed by atoms with Crippen LogP contribution in [0.15, 0.2) is 64.5 Å². The van der Waals surface area contributed by atoms with E-state index in [1.54, 1.807) is 29.6 Å². The molecule has 3 aromatic rings. The molecule has 0 aliphatic carbocycles. The van der Waals surface area contributed by atoms with Gasteiger partial charge in [0.2, 0.25) is 5.91 Å². The van der Waals surface area contributed by atoms with Crippen molar-refractivity contribution >= 4 is 28.6 Å². The molecule has 0 aliphatic heterocycles. The van der Waals surface area contributed by atoms with E-state index in [9.17, 15) is 9.59 Å². The number of rotatable bonds is 5. The molecule has 0 saturated heterocycles. The van der Waals surface area contributed by atoms with Crippen LogP contribution in [0.5, 0.6) is 0 Å². The molecule has 0 N–H and O–H groups in total. The van der Waals surface area contributed by atoms with Crippen LogP contribution in [0.1, 0.15) is 30.7 Å². The zero-order valence-corrected chi connectivity index (χ0v) is 16.7. The van der Waals surface area contributed by atoms with E-state index >= 15 is 0 Å². The van der Waals surface area contributed by atoms with Crippen molar-refractivity contribution in [3.63, 3.8) is 0 Å². The largest absolute Gasteiger partial charge is 0.348 e. The number of likely N-dealkylation sites (N-methyl/N-ethyl adjacent to an activating group) is 1. The van der Waals surface area contributed by atoms with Crippen LogP contribution >= 0.6 is 11.8 Å². The molecule has 0 bridgehead atoms. The molecule has 3 rings (SSSR count). The summed E-state index contributed by atoms with van der Waals surface area (Å²) in [5.74, 6) is -0.0380. The van der Waals surface area contributed by atoms with Crippen LogP contribution in [-0.2, 0) is 4.79 Å². The minimum Gasteiger partial charge on any atom is -0.348 e. The predicted molar refractivity (Wildman–Crippen MR) is 110 cm³/mol. The predicted octanol–water partition coefficient (Wildman–Crippen LogP) is 3.90. The van der Waals surface area contributed by atoms with E-state index in [1.165, 1.54) is 11.8 Å². The van der Waals surface area contributed by atoms with Gasteiger partial charge >= 0.3 is 0 Å². The Hall–Kier alpha value is -2.60. The van der Waals surface area contributed by atoms with E-state index in [0.717, 1.165) is 5.56 Å². The zero-order chi connectivity index (χ0) is 19.6. The molecule has 0 unspecified atom stereocenters. The molecular formula is C21H23N3O2S. The fourth-order valence-electron chi connectivity index (χ4n) is 2.89. The van der Waals surface area contributed by atoms with Crippen molar-refractivity contribution in [3.05, 3.63) is 70.5 Å². The molecule has 27 heavy (non-hydrogen) atoms. The number of hydrogen-bond donors (Lipinski definition) is 0. The minimum absolute atomic E-state index is 0.0380. The molecule has 1 heterocycles. The van der Waals surface area contributed by atoms with Gasteiger partial charge in [-0.2, -0.15) is 0 Å². The Morgan fingerprint density at radius 3 is 2.30 bits per heavy atom. The summed E-state index contributed by atoms with van der Waals surface area (Å²) >= 11 is 1.32. The Kier molecular flexibility index (Phi) is 5.65. The highest BCUT2D eigenvalue weighted by atomic mass is 32.2. The monoisotopic (exact) mass is 381 g/mol. The second kappa shape index (κ2) is 7.96. The lowest BCUT2D eigenvalue weighted by atomic mass is 10.1. The van der Waals surface area contributed by atoms with Gasteiger partial charge in [0.1, 0.15) is 5.25 Å². The maximum Gasteiger partial charge on any atom is 0.262 e. The van der Waals surface area contributed by atoms with Gasteiger partial charge in [-0.05, 0) is 31.5 Å². The SMILES string of the molecule is CC(C)n1c(S[C@@H](C(=O)N(C)C)c2ccccc2)nc2ccccc2c1=O. The molecule has 1 amide bonds. The summed E-state index contributed by atoms with van der Waals surface area (Å²) in [4.78, 5) is 32.2. The van der Waals surface area contributed by atoms with Crippen LogP contribution in [-0.4, -0.2) is 34.5 Å². The molecule has 0 fully saturated rings. The highest BCUT2D eigenvalue weighted by molar-refractivity contribution is 8.00. The number of hydrogen-bond acceptors (Lipinski definition) is 4. The fraction of sp³-hybridized carbons (Fsp3) is 0.286. The van der Waals surface area contributed by atoms with E-state index in [0.29, 0.717) is 16.1 Å². The lowest BCUT2D eigenvalue weighted by Gasteiger charge is -2.23. The Morgan fingerprint density at radius 1 is 1.04 bits per heavy atom. The number of carbonyl (C=O) groups excluding carboxylic acids is 1. The van der Waals surface area contributed by atoms with Gasteiger partial charge < -0.3 is 4.90 Å². The first-order valence-corrected chi connectivity index (χ1v) is 9.72. The van der Waals surface area contributed by atoms with Crippen molar-refractivity contribution in [3.8, 4) is 0 Å². The van der Waals surface area contributed by atoms with Crippen LogP contribution in [0, 0.1) is 0 Å². The van der Waals surface area contributed by atoms with Crippen molar-refractivity contribution in [2.75, 3.05) is 14.1 Å². The molecular weight excluding hydrogens is 358 g/mol. The third-order valence-electron chi connectivity index (χ3n) is 4.28. The van der Waals surface area contributed by atoms with Crippen LogP contribution in [0.4, 0.5) is 0 Å². The van der Waals surface area contributed by atoms with Gasteiger partial charge in [0.05, 0.1) is 10.9 Å². The van der Waals surface area contributed by atoms with E-state index in [1.807, 2.05) is 62.4 Å². The fourth-order valence-corrected chi connectivity index (χ4v) is 4.27. The third kappa shape index (κ3) is 3.90. The van der Waals surface area contributed by atoms with Gasteiger partial charge in [-0.1, -0.05) is 54.2 Å². The molecule has 6 heteroatoms. The van der Waals surface area contributed by atoms with Crippen LogP contribution in [0.25, 0.3) is 10.9 Å². The highest BCUT2D eigenvalue weighted by Crippen LogP contribution is 2.36. The molecule has 5 nitrogen and oxygen atoms in total. The summed E-state index contributed by atoms with van der Waals surface area (Å²) in [5.41, 5.74) is 1.45. The third-order valence-corrected chi connectivity index (χ3v) is 5.49. The second-order valence-electron chi connectivity index (χ2n) is 6.82. The average Bonchev–Trinajstić information content (AvgIpc) is 2.66. The molecule has 0 aliphatic rings. The smallest absolute Gasteiger partial charge is 0.262 e. The molecule has 0 spiro atoms. The maximum absolute atomic E-state index is 13.0. The van der Waals surface area contributed by atoms with Gasteiger partial charge in [-0.15, -0.1) is 0 Å². The van der Waals surface area contributed by atoms with Crippen LogP contribution < -0.4 is 5.56 Å². The number of amides is 1. The Labute approximate surface area is 163 Å². The van der Waals surface area contributed by atoms with Crippen molar-refractivity contribution in [1.82, 2.24) is 14.5 Å². The van der Waals surface area contributed by atoms with Crippen molar-refractivity contribution in [2.24, 2.45) is 0 Å². The number of fused-ring (bicyclic) bond motifs is 1. The maximum atomic E-state index is 13.0. The lowest BCUT2D eigenvalue weighted by Crippen LogP contribution is -2.29. The minimum atomic E-state index is -0.473. The number of thioether (sulfide) groups is 1. The average molecular weight is 382 g/mol. The van der Waals surface area contributed by atoms with Crippen molar-refractivity contribution < 1.29 is 4.79 Å². The number of carbonyl (C=O) groups is 1. The first-order valence-electron chi connectivity index (χ1n) is 8.84. The van der Waals surface area contributed by atoms with Gasteiger partial charge in [0.25, 0.3) is 5.56 Å². The number of aromatic nitrogens is 2. The summed E-state index contributed by atoms with van der Waals surface area (Å²) in [6.07, 6.45) is 0. The zero-order valence-electron chi connectivity index (χ0n) is 15.9. The summed E-state index contributed by atoms with van der Waals surface area (Å²) in [6, 6.07) is 16.9. The second-order valence-corrected chi connectivity index (χ2v) is 7.89. The number of para-hydroxylation sites is 1. The summed E-state index contributed by atoms with van der Waals surface area (Å²) in [5, 5.41) is 0.669. The van der Waals surface area contributed by atoms with Crippen LogP contribution in [0.2, 0.25) is 0 Å². The molecule has 140 valence electrons. The quantitative estimate of drug-likeness (QED) is 0.497. The van der Waals surface area contributed by atoms with Crippen molar-refractivity contribution in [2.45, 2.75) is 30.3 Å². The summed E-state index contributed by atoms with van der Waals surface area (Å²) < 4.78 is 1.67. The Bertz CT molecular complexity index is 1010. The standard InChI is InChI=1S/C21H23N3O2S/c1-14(2)24-19(25)16-12-8-9-13-17(16)22-21(24)27-18(20(26)23(3)4)15-10-6-5-7-11-15/h5-14,18H,1-4H3/t18-/m1/s1. The molecule has 0 radical (unpaired) electrons. The molecule has 2 aromatic carbocycles. The summed E-state index contributed by atoms with van der Waals surface area (Å²) in [6.45, 7) is 3.90. The number of benzene rings is 2. The van der Waals surface area contributed by atoms with E-state index in [-0.39, 0.29) is 17.5 Å². The van der Waals surface area contributed by atoms with Crippen LogP contribution in [0.3, 0.4) is 0 Å². The first-order chi connectivity index (χ1) is 12.9. The highest BCUT2D eigenvalue weighted by Gasteiger charge is 2.26. The normalized spacial score (nSPS) is 12.3. The Balaban J connectivity index is 2.16. The van der Waals surface area contributed by atoms with E-state index in [4.69, 9.17) is 4.98 Å².